The molecule has 2 heterocycles. The third-order valence-electron chi connectivity index (χ3n) is 4.28. The highest BCUT2D eigenvalue weighted by Gasteiger charge is 2.31. The molecule has 0 aliphatic carbocycles. The molecule has 0 saturated heterocycles. The molecule has 1 amide bonds. The van der Waals surface area contributed by atoms with Crippen molar-refractivity contribution in [3.63, 3.8) is 0 Å². The third-order valence-corrected chi connectivity index (χ3v) is 4.28. The van der Waals surface area contributed by atoms with E-state index in [4.69, 9.17) is 14.2 Å². The number of carbonyl (C=O) groups is 1. The highest BCUT2D eigenvalue weighted by atomic mass is 16.5. The van der Waals surface area contributed by atoms with Crippen LogP contribution < -0.4 is 9.47 Å². The van der Waals surface area contributed by atoms with Crippen LogP contribution in [0.5, 0.6) is 11.5 Å². The van der Waals surface area contributed by atoms with Gasteiger partial charge in [0.25, 0.3) is 5.91 Å². The average Bonchev–Trinajstić information content (AvgIpc) is 3.04. The zero-order chi connectivity index (χ0) is 17.8. The van der Waals surface area contributed by atoms with E-state index in [0.29, 0.717) is 31.2 Å². The van der Waals surface area contributed by atoms with Crippen molar-refractivity contribution < 1.29 is 19.0 Å². The number of hydrogen-bond acceptors (Lipinski definition) is 6. The number of aromatic nitrogens is 3. The fourth-order valence-electron chi connectivity index (χ4n) is 2.98. The zero-order valence-electron chi connectivity index (χ0n) is 14.6. The van der Waals surface area contributed by atoms with E-state index in [1.54, 1.807) is 31.3 Å². The van der Waals surface area contributed by atoms with Crippen LogP contribution in [0.15, 0.2) is 24.3 Å². The molecule has 0 N–H and O–H groups in total. The van der Waals surface area contributed by atoms with Gasteiger partial charge in [0.15, 0.2) is 29.8 Å². The van der Waals surface area contributed by atoms with Gasteiger partial charge in [-0.05, 0) is 19.1 Å². The number of rotatable bonds is 6. The van der Waals surface area contributed by atoms with Crippen molar-refractivity contribution in [2.75, 3.05) is 27.4 Å². The molecule has 8 nitrogen and oxygen atoms in total. The number of ether oxygens (including phenoxy) is 3. The summed E-state index contributed by atoms with van der Waals surface area (Å²) in [5, 5.41) is 8.36. The first-order valence-corrected chi connectivity index (χ1v) is 8.12. The first kappa shape index (κ1) is 17.2. The topological polar surface area (TPSA) is 78.7 Å². The van der Waals surface area contributed by atoms with Crippen molar-refractivity contribution in [3.05, 3.63) is 35.9 Å². The lowest BCUT2D eigenvalue weighted by molar-refractivity contribution is -0.136. The van der Waals surface area contributed by atoms with Gasteiger partial charge in [-0.25, -0.2) is 0 Å². The standard InChI is InChI=1S/C17H22N4O4/c1-12-17-19-18-15(10-23-2)21(17)9-8-20(12)16(22)11-25-14-7-5-4-6-13(14)24-3/h4-7,12H,8-11H2,1-3H3/t12-/m0/s1. The van der Waals surface area contributed by atoms with Crippen LogP contribution in [-0.2, 0) is 22.7 Å². The molecule has 0 spiro atoms. The summed E-state index contributed by atoms with van der Waals surface area (Å²) >= 11 is 0. The first-order chi connectivity index (χ1) is 12.2. The Morgan fingerprint density at radius 3 is 2.68 bits per heavy atom. The van der Waals surface area contributed by atoms with Crippen LogP contribution in [0.3, 0.4) is 0 Å². The molecule has 1 aliphatic heterocycles. The number of benzene rings is 1. The molecule has 0 unspecified atom stereocenters. The zero-order valence-corrected chi connectivity index (χ0v) is 14.6. The minimum atomic E-state index is -0.166. The van der Waals surface area contributed by atoms with Crippen LogP contribution in [0.2, 0.25) is 0 Å². The molecule has 3 rings (SSSR count). The highest BCUT2D eigenvalue weighted by Crippen LogP contribution is 2.27. The summed E-state index contributed by atoms with van der Waals surface area (Å²) < 4.78 is 18.0. The minimum Gasteiger partial charge on any atom is -0.493 e. The molecule has 1 aliphatic rings. The number of amides is 1. The van der Waals surface area contributed by atoms with Gasteiger partial charge in [-0.3, -0.25) is 4.79 Å². The van der Waals surface area contributed by atoms with Gasteiger partial charge in [-0.15, -0.1) is 10.2 Å². The largest absolute Gasteiger partial charge is 0.493 e. The molecule has 1 aromatic carbocycles. The van der Waals surface area contributed by atoms with E-state index in [-0.39, 0.29) is 18.6 Å². The molecule has 0 fully saturated rings. The predicted octanol–water partition coefficient (Wildman–Crippen LogP) is 1.42. The number of fused-ring (bicyclic) bond motifs is 1. The van der Waals surface area contributed by atoms with Gasteiger partial charge in [0, 0.05) is 20.2 Å². The van der Waals surface area contributed by atoms with Crippen LogP contribution >= 0.6 is 0 Å². The van der Waals surface area contributed by atoms with Crippen molar-refractivity contribution in [2.45, 2.75) is 26.1 Å². The Morgan fingerprint density at radius 1 is 1.20 bits per heavy atom. The van der Waals surface area contributed by atoms with Gasteiger partial charge in [0.05, 0.1) is 13.2 Å². The lowest BCUT2D eigenvalue weighted by Crippen LogP contribution is -2.43. The monoisotopic (exact) mass is 346 g/mol. The van der Waals surface area contributed by atoms with Crippen LogP contribution in [0, 0.1) is 0 Å². The fraction of sp³-hybridized carbons (Fsp3) is 0.471. The molecule has 134 valence electrons. The van der Waals surface area contributed by atoms with E-state index < -0.39 is 0 Å². The number of methoxy groups -OCH3 is 2. The Bertz CT molecular complexity index is 746. The highest BCUT2D eigenvalue weighted by molar-refractivity contribution is 5.78. The Balaban J connectivity index is 1.67. The lowest BCUT2D eigenvalue weighted by atomic mass is 10.2. The third kappa shape index (κ3) is 3.43. The molecule has 0 saturated carbocycles. The van der Waals surface area contributed by atoms with Crippen molar-refractivity contribution in [1.29, 1.82) is 0 Å². The number of carbonyl (C=O) groups excluding carboxylic acids is 1. The Hall–Kier alpha value is -2.61. The van der Waals surface area contributed by atoms with Crippen LogP contribution in [-0.4, -0.2) is 52.9 Å². The summed E-state index contributed by atoms with van der Waals surface area (Å²) in [5.41, 5.74) is 0. The van der Waals surface area contributed by atoms with Crippen molar-refractivity contribution in [1.82, 2.24) is 19.7 Å². The van der Waals surface area contributed by atoms with E-state index in [0.717, 1.165) is 11.6 Å². The van der Waals surface area contributed by atoms with E-state index in [1.807, 2.05) is 23.6 Å². The molecule has 1 aromatic heterocycles. The van der Waals surface area contributed by atoms with Crippen LogP contribution in [0.4, 0.5) is 0 Å². The van der Waals surface area contributed by atoms with Gasteiger partial charge in [-0.2, -0.15) is 0 Å². The molecule has 25 heavy (non-hydrogen) atoms. The molecule has 0 bridgehead atoms. The Labute approximate surface area is 146 Å². The van der Waals surface area contributed by atoms with Crippen LogP contribution in [0.1, 0.15) is 24.6 Å². The second-order valence-electron chi connectivity index (χ2n) is 5.76. The second-order valence-corrected chi connectivity index (χ2v) is 5.76. The van der Waals surface area contributed by atoms with Crippen LogP contribution in [0.25, 0.3) is 0 Å². The molecule has 0 radical (unpaired) electrons. The van der Waals surface area contributed by atoms with Crippen molar-refractivity contribution in [2.24, 2.45) is 0 Å². The summed E-state index contributed by atoms with van der Waals surface area (Å²) in [6.07, 6.45) is 0. The minimum absolute atomic E-state index is 0.0518. The van der Waals surface area contributed by atoms with Crippen molar-refractivity contribution >= 4 is 5.91 Å². The molecular formula is C17H22N4O4. The number of hydrogen-bond donors (Lipinski definition) is 0. The summed E-state index contributed by atoms with van der Waals surface area (Å²) in [4.78, 5) is 14.4. The Kier molecular flexibility index (Phi) is 5.18. The quantitative estimate of drug-likeness (QED) is 0.787. The van der Waals surface area contributed by atoms with E-state index in [1.165, 1.54) is 0 Å². The maximum atomic E-state index is 12.6. The smallest absolute Gasteiger partial charge is 0.261 e. The maximum Gasteiger partial charge on any atom is 0.261 e. The Morgan fingerprint density at radius 2 is 1.96 bits per heavy atom. The van der Waals surface area contributed by atoms with E-state index >= 15 is 0 Å². The van der Waals surface area contributed by atoms with Gasteiger partial charge in [-0.1, -0.05) is 12.1 Å². The predicted molar refractivity (Wildman–Crippen MR) is 89.4 cm³/mol. The lowest BCUT2D eigenvalue weighted by Gasteiger charge is -2.33. The molecule has 2 aromatic rings. The number of para-hydroxylation sites is 2. The van der Waals surface area contributed by atoms with Gasteiger partial charge in [0.1, 0.15) is 6.61 Å². The van der Waals surface area contributed by atoms with Gasteiger partial charge in [0.2, 0.25) is 0 Å². The number of nitrogens with zero attached hydrogens (tertiary/aromatic N) is 4. The molecule has 1 atom stereocenters. The van der Waals surface area contributed by atoms with Gasteiger partial charge < -0.3 is 23.7 Å². The summed E-state index contributed by atoms with van der Waals surface area (Å²) in [6.45, 7) is 3.52. The summed E-state index contributed by atoms with van der Waals surface area (Å²) in [6, 6.07) is 7.10. The summed E-state index contributed by atoms with van der Waals surface area (Å²) in [7, 11) is 3.19. The van der Waals surface area contributed by atoms with E-state index in [9.17, 15) is 4.79 Å². The van der Waals surface area contributed by atoms with Gasteiger partial charge >= 0.3 is 0 Å². The fourth-order valence-corrected chi connectivity index (χ4v) is 2.98. The first-order valence-electron chi connectivity index (χ1n) is 8.12. The van der Waals surface area contributed by atoms with E-state index in [2.05, 4.69) is 10.2 Å². The second kappa shape index (κ2) is 7.52. The maximum absolute atomic E-state index is 12.6. The average molecular weight is 346 g/mol. The normalized spacial score (nSPS) is 16.4. The molecular weight excluding hydrogens is 324 g/mol. The summed E-state index contributed by atoms with van der Waals surface area (Å²) in [5.74, 6) is 2.60. The van der Waals surface area contributed by atoms with Crippen molar-refractivity contribution in [3.8, 4) is 11.5 Å². The molecule has 8 heteroatoms. The SMILES string of the molecule is COCc1nnc2n1CCN(C(=O)COc1ccccc1OC)[C@H]2C.